The zero-order valence-electron chi connectivity index (χ0n) is 75.1. The third-order valence-electron chi connectivity index (χ3n) is 23.8. The van der Waals surface area contributed by atoms with Crippen LogP contribution in [0, 0.1) is 23.4 Å². The highest BCUT2D eigenvalue weighted by molar-refractivity contribution is 8.00. The van der Waals surface area contributed by atoms with E-state index in [0.717, 1.165) is 31.5 Å². The number of nitrogens with one attached hydrogen (secondary N) is 10. The molecule has 0 bridgehead atoms. The fraction of sp³-hybridized carbons (Fsp3) is 0.467. The van der Waals surface area contributed by atoms with Crippen LogP contribution >= 0.6 is 11.8 Å². The second-order valence-electron chi connectivity index (χ2n) is 33.9. The number of fused-ring (bicyclic) bond motifs is 3. The number of aromatic nitrogens is 1. The van der Waals surface area contributed by atoms with Gasteiger partial charge in [0.1, 0.15) is 90.0 Å². The van der Waals surface area contributed by atoms with E-state index >= 15 is 51.9 Å². The number of benzene rings is 5. The summed E-state index contributed by atoms with van der Waals surface area (Å²) in [6.07, 6.45) is -2.32. The van der Waals surface area contributed by atoms with Gasteiger partial charge in [-0.15, -0.1) is 11.8 Å². The minimum atomic E-state index is -1.99. The van der Waals surface area contributed by atoms with Gasteiger partial charge in [-0.1, -0.05) is 106 Å². The number of aliphatic carboxylic acids is 2. The zero-order chi connectivity index (χ0) is 97.9. The predicted molar refractivity (Wildman–Crippen MR) is 482 cm³/mol. The Balaban J connectivity index is 1.14. The molecule has 0 radical (unpaired) electrons. The van der Waals surface area contributed by atoms with Gasteiger partial charge >= 0.3 is 11.9 Å². The largest absolute Gasteiger partial charge is 0.508 e. The number of hydrogen-bond donors (Lipinski definition) is 16. The van der Waals surface area contributed by atoms with Crippen LogP contribution in [0.3, 0.4) is 0 Å². The third kappa shape index (κ3) is 28.7. The summed E-state index contributed by atoms with van der Waals surface area (Å²) < 4.78 is 45.1. The summed E-state index contributed by atoms with van der Waals surface area (Å²) in [5.41, 5.74) is 13.2. The molecule has 42 heteroatoms. The fourth-order valence-corrected chi connectivity index (χ4v) is 17.2. The van der Waals surface area contributed by atoms with Gasteiger partial charge in [-0.25, -0.2) is 13.2 Å². The van der Waals surface area contributed by atoms with Gasteiger partial charge in [-0.3, -0.25) is 81.5 Å². The first kappa shape index (κ1) is 104. The van der Waals surface area contributed by atoms with Crippen molar-refractivity contribution in [2.45, 2.75) is 208 Å². The number of thioether (sulfide) groups is 1. The number of para-hydroxylation sites is 1. The topological polar surface area (TPSA) is 563 Å². The standard InChI is InChI=1S/C92H116F3N17O21S/c1-7-8-21-71-91(132)112-37-16-23-70(112)86(127)105-66(45-77(119)120)84(125)107-79(50(2)3)92(133)109(5)72(42-51-17-10-9-11-18-51)87(128)102-63(32-33-76(117)118)89(130)111-36-15-14-22-69(111)85(126)104-65(44-55-46-98-61-20-13-12-19-58(55)61)83(124)103-64(40-52-24-28-56(113)29-25-52)82(123)101-62(34-35-96)81(122)106-68(80(121)99-47-74(97)115)48-134-49-75(116)100-67(41-54-38-59(93)78(95)60(94)39-54)88(129)110(6)73(90(131)108(71)4)43-53-26-30-57(114)31-27-53/h9-13,17-20,24-31,38-39,46,50,62-73,79,98,113-114H,7-8,14-16,21-23,32-37,40-45,47-49,96H2,1-6H3,(H2,97,115)(H,99,121)(H,100,116)(H,101,123)(H,102,128)(H,103,124)(H,104,126)(H,105,127)(H,106,122)(H,107,125)(H,117,118)(H,119,120)/t62-,63-,64-,65-,66-,67-,68-,69+,70+,71-,72?,73?,79-/m0/s1. The summed E-state index contributed by atoms with van der Waals surface area (Å²) in [4.78, 5) is 258. The van der Waals surface area contributed by atoms with E-state index in [0.29, 0.717) is 69.9 Å². The number of H-pyrrole nitrogens is 1. The van der Waals surface area contributed by atoms with Crippen LogP contribution in [0.5, 0.6) is 11.5 Å². The number of rotatable bonds is 24. The maximum absolute atomic E-state index is 15.7. The number of carboxylic acid groups (broad SMARTS) is 2. The number of likely N-dealkylation sites (N-methyl/N-ethyl adjacent to an activating group) is 3. The first-order valence-corrected chi connectivity index (χ1v) is 45.3. The maximum Gasteiger partial charge on any atom is 0.305 e. The number of carbonyl (C=O) groups is 17. The van der Waals surface area contributed by atoms with Crippen molar-refractivity contribution in [1.82, 2.24) is 77.3 Å². The Kier molecular flexibility index (Phi) is 38.2. The van der Waals surface area contributed by atoms with Gasteiger partial charge in [-0.05, 0) is 134 Å². The van der Waals surface area contributed by atoms with Crippen molar-refractivity contribution in [3.05, 3.63) is 167 Å². The molecule has 3 aliphatic rings. The lowest BCUT2D eigenvalue weighted by molar-refractivity contribution is -0.152. The molecule has 2 unspecified atom stereocenters. The summed E-state index contributed by atoms with van der Waals surface area (Å²) >= 11 is 0.624. The highest BCUT2D eigenvalue weighted by atomic mass is 32.2. The molecule has 1 aromatic heterocycles. The molecule has 0 saturated carbocycles. The van der Waals surface area contributed by atoms with E-state index < -0.39 is 265 Å². The number of piperidine rings is 1. The van der Waals surface area contributed by atoms with Crippen molar-refractivity contribution in [2.24, 2.45) is 17.4 Å². The van der Waals surface area contributed by atoms with Crippen LogP contribution in [0.2, 0.25) is 0 Å². The highest BCUT2D eigenvalue weighted by Gasteiger charge is 2.46. The predicted octanol–water partition coefficient (Wildman–Crippen LogP) is 1.12. The second-order valence-corrected chi connectivity index (χ2v) is 34.9. The van der Waals surface area contributed by atoms with Crippen LogP contribution in [0.1, 0.15) is 126 Å². The number of nitrogens with two attached hydrogens (primary N) is 2. The van der Waals surface area contributed by atoms with Gasteiger partial charge in [0, 0.05) is 95.6 Å². The number of phenols is 2. The van der Waals surface area contributed by atoms with Crippen LogP contribution in [-0.2, 0) is 114 Å². The van der Waals surface area contributed by atoms with Gasteiger partial charge in [0.05, 0.1) is 18.7 Å². The molecule has 3 saturated heterocycles. The lowest BCUT2D eigenvalue weighted by Crippen LogP contribution is -2.63. The molecule has 18 N–H and O–H groups in total. The molecule has 134 heavy (non-hydrogen) atoms. The summed E-state index contributed by atoms with van der Waals surface area (Å²) in [5.74, 6) is -26.4. The number of phenolic OH excluding ortho intramolecular Hbond substituents is 2. The fourth-order valence-electron chi connectivity index (χ4n) is 16.4. The van der Waals surface area contributed by atoms with Crippen molar-refractivity contribution < 1.29 is 115 Å². The lowest BCUT2D eigenvalue weighted by atomic mass is 9.97. The first-order valence-electron chi connectivity index (χ1n) is 44.1. The smallest absolute Gasteiger partial charge is 0.305 e. The Morgan fingerprint density at radius 3 is 1.64 bits per heavy atom. The van der Waals surface area contributed by atoms with Crippen LogP contribution < -0.4 is 59.3 Å². The number of carbonyl (C=O) groups excluding carboxylic acids is 15. The molecule has 0 aliphatic carbocycles. The molecular weight excluding hydrogens is 1770 g/mol. The van der Waals surface area contributed by atoms with E-state index in [-0.39, 0.29) is 88.9 Å². The number of aromatic hydroxyl groups is 2. The van der Waals surface area contributed by atoms with Crippen molar-refractivity contribution in [2.75, 3.05) is 58.8 Å². The number of halogens is 3. The Hall–Kier alpha value is -13.7. The number of nitrogens with zero attached hydrogens (tertiary/aromatic N) is 5. The van der Waals surface area contributed by atoms with Gasteiger partial charge in [0.25, 0.3) is 0 Å². The van der Waals surface area contributed by atoms with Gasteiger partial charge in [-0.2, -0.15) is 0 Å². The zero-order valence-corrected chi connectivity index (χ0v) is 75.9. The van der Waals surface area contributed by atoms with Crippen LogP contribution in [0.4, 0.5) is 13.2 Å². The molecule has 722 valence electrons. The normalized spacial score (nSPS) is 23.5. The first-order chi connectivity index (χ1) is 63.7. The monoisotopic (exact) mass is 1880 g/mol. The molecule has 13 atom stereocenters. The molecule has 3 aliphatic heterocycles. The van der Waals surface area contributed by atoms with E-state index in [9.17, 15) is 63.2 Å². The number of aromatic amines is 1. The summed E-state index contributed by atoms with van der Waals surface area (Å²) in [6.45, 7) is 3.37. The maximum atomic E-state index is 15.7. The minimum Gasteiger partial charge on any atom is -0.508 e. The van der Waals surface area contributed by atoms with E-state index in [4.69, 9.17) is 11.5 Å². The van der Waals surface area contributed by atoms with Crippen molar-refractivity contribution in [1.29, 1.82) is 0 Å². The van der Waals surface area contributed by atoms with Crippen molar-refractivity contribution in [3.8, 4) is 11.5 Å². The highest BCUT2D eigenvalue weighted by Crippen LogP contribution is 2.29. The number of primary amides is 1. The minimum absolute atomic E-state index is 0.0659. The molecule has 38 nitrogen and oxygen atoms in total. The average Bonchev–Trinajstić information content (AvgIpc) is 1.71. The molecule has 4 heterocycles. The van der Waals surface area contributed by atoms with E-state index in [1.165, 1.54) is 76.5 Å². The molecule has 9 rings (SSSR count). The van der Waals surface area contributed by atoms with Crippen molar-refractivity contribution >= 4 is 123 Å². The van der Waals surface area contributed by atoms with E-state index in [1.54, 1.807) is 67.7 Å². The summed E-state index contributed by atoms with van der Waals surface area (Å²) in [6, 6.07) is 5.20. The Bertz CT molecular complexity index is 5230. The number of unbranched alkanes of at least 4 members (excludes halogenated alkanes) is 1. The van der Waals surface area contributed by atoms with E-state index in [1.807, 2.05) is 0 Å². The summed E-state index contributed by atoms with van der Waals surface area (Å²) in [5, 5.41) is 65.0. The van der Waals surface area contributed by atoms with Gasteiger partial charge in [0.2, 0.25) is 88.6 Å². The van der Waals surface area contributed by atoms with E-state index in [2.05, 4.69) is 52.8 Å². The molecule has 0 spiro atoms. The van der Waals surface area contributed by atoms with Gasteiger partial charge < -0.3 is 109 Å². The Labute approximate surface area is 774 Å². The third-order valence-corrected chi connectivity index (χ3v) is 24.8. The number of carboxylic acids is 2. The number of amides is 15. The molecular formula is C92H116F3N17O21S. The van der Waals surface area contributed by atoms with Crippen molar-refractivity contribution in [3.63, 3.8) is 0 Å². The molecule has 15 amide bonds. The Morgan fingerprint density at radius 2 is 1.03 bits per heavy atom. The Morgan fingerprint density at radius 1 is 0.507 bits per heavy atom. The molecule has 6 aromatic rings. The SMILES string of the molecule is CCCC[C@H]1C(=O)N2CCC[C@@H]2C(=O)N[C@@H](CC(=O)O)C(=O)N[C@@H](C(C)C)C(=O)N(C)C(Cc2ccccc2)C(=O)N[C@@H](CCC(=O)O)C(=O)N2CCCC[C@@H]2C(=O)N[C@@H](Cc2c[nH]c3ccccc23)C(=O)N[C@@H](Cc2ccc(O)cc2)C(=O)N[C@@H](CCN)C(=O)N[C@H](C(=O)NCC(N)=O)CSCC(=O)N[C@@H](Cc2cc(F)c(F)c(F)c2)C(=O)N(C)C(Cc2ccc(O)cc2)C(=O)N1C. The second kappa shape index (κ2) is 49.2. The molecule has 5 aromatic carbocycles. The number of hydrogen-bond acceptors (Lipinski definition) is 21. The van der Waals surface area contributed by atoms with Gasteiger partial charge in [0.15, 0.2) is 17.5 Å². The molecule has 3 fully saturated rings. The van der Waals surface area contributed by atoms with Crippen LogP contribution in [-0.4, -0.2) is 288 Å². The summed E-state index contributed by atoms with van der Waals surface area (Å²) in [7, 11) is 3.60. The van der Waals surface area contributed by atoms with Crippen LogP contribution in [0.15, 0.2) is 121 Å². The van der Waals surface area contributed by atoms with Crippen LogP contribution in [0.25, 0.3) is 10.9 Å². The quantitative estimate of drug-likeness (QED) is 0.0378. The average molecular weight is 1890 g/mol. The lowest BCUT2D eigenvalue weighted by Gasteiger charge is -2.38.